The zero-order valence-electron chi connectivity index (χ0n) is 13.7. The highest BCUT2D eigenvalue weighted by Crippen LogP contribution is 2.30. The normalized spacial score (nSPS) is 11.5. The second-order valence-electron chi connectivity index (χ2n) is 4.93. The van der Waals surface area contributed by atoms with E-state index in [1.807, 2.05) is 0 Å². The first-order chi connectivity index (χ1) is 10.1. The van der Waals surface area contributed by atoms with Gasteiger partial charge in [0.25, 0.3) is 0 Å². The van der Waals surface area contributed by atoms with Crippen LogP contribution in [0.15, 0.2) is 6.20 Å². The molecule has 0 fully saturated rings. The molecule has 0 aliphatic carbocycles. The van der Waals surface area contributed by atoms with Crippen LogP contribution < -0.4 is 0 Å². The van der Waals surface area contributed by atoms with Gasteiger partial charge in [-0.25, -0.2) is 14.8 Å². The van der Waals surface area contributed by atoms with Crippen molar-refractivity contribution in [3.8, 4) is 0 Å². The van der Waals surface area contributed by atoms with Crippen molar-refractivity contribution < 1.29 is 14.3 Å². The van der Waals surface area contributed by atoms with Crippen molar-refractivity contribution in [2.24, 2.45) is 0 Å². The fourth-order valence-corrected chi connectivity index (χ4v) is 2.39. The maximum Gasteiger partial charge on any atom is 0.341 e. The number of carbonyl (C=O) groups is 1. The molecular formula is C16H26N2O3. The Hall–Kier alpha value is -1.49. The Morgan fingerprint density at radius 2 is 1.90 bits per heavy atom. The summed E-state index contributed by atoms with van der Waals surface area (Å²) in [6.07, 6.45) is 4.76. The van der Waals surface area contributed by atoms with E-state index in [-0.39, 0.29) is 5.97 Å². The van der Waals surface area contributed by atoms with E-state index < -0.39 is 5.60 Å². The Bertz CT molecular complexity index is 462. The summed E-state index contributed by atoms with van der Waals surface area (Å²) in [5.41, 5.74) is 0.708. The number of aromatic nitrogens is 2. The number of methoxy groups -OCH3 is 1. The molecule has 0 bridgehead atoms. The smallest absolute Gasteiger partial charge is 0.341 e. The van der Waals surface area contributed by atoms with Crippen LogP contribution in [0.4, 0.5) is 0 Å². The van der Waals surface area contributed by atoms with Crippen LogP contribution in [-0.2, 0) is 21.5 Å². The van der Waals surface area contributed by atoms with Crippen LogP contribution in [0, 0.1) is 0 Å². The van der Waals surface area contributed by atoms with E-state index in [0.717, 1.165) is 31.4 Å². The topological polar surface area (TPSA) is 61.3 Å². The van der Waals surface area contributed by atoms with Gasteiger partial charge in [0, 0.05) is 13.3 Å². The van der Waals surface area contributed by atoms with Crippen LogP contribution in [0.2, 0.25) is 0 Å². The molecule has 0 aliphatic heterocycles. The minimum atomic E-state index is -0.490. The van der Waals surface area contributed by atoms with Crippen molar-refractivity contribution in [2.45, 2.75) is 59.0 Å². The number of carbonyl (C=O) groups excluding carboxylic acids is 1. The summed E-state index contributed by atoms with van der Waals surface area (Å²) in [6.45, 7) is 8.29. The second-order valence-corrected chi connectivity index (χ2v) is 4.93. The predicted molar refractivity (Wildman–Crippen MR) is 81.3 cm³/mol. The summed E-state index contributed by atoms with van der Waals surface area (Å²) in [7, 11) is 1.68. The van der Waals surface area contributed by atoms with E-state index in [0.29, 0.717) is 18.0 Å². The largest absolute Gasteiger partial charge is 0.462 e. The van der Waals surface area contributed by atoms with Crippen molar-refractivity contribution in [3.05, 3.63) is 23.3 Å². The van der Waals surface area contributed by atoms with Crippen molar-refractivity contribution in [1.82, 2.24) is 9.97 Å². The van der Waals surface area contributed by atoms with Gasteiger partial charge in [-0.1, -0.05) is 27.2 Å². The van der Waals surface area contributed by atoms with Gasteiger partial charge in [-0.3, -0.25) is 0 Å². The van der Waals surface area contributed by atoms with Crippen LogP contribution >= 0.6 is 0 Å². The third-order valence-corrected chi connectivity index (χ3v) is 3.79. The highest BCUT2D eigenvalue weighted by molar-refractivity contribution is 5.90. The minimum absolute atomic E-state index is 0.345. The third-order valence-electron chi connectivity index (χ3n) is 3.79. The fourth-order valence-electron chi connectivity index (χ4n) is 2.39. The first kappa shape index (κ1) is 17.6. The third kappa shape index (κ3) is 3.79. The summed E-state index contributed by atoms with van der Waals surface area (Å²) in [5, 5.41) is 0. The lowest BCUT2D eigenvalue weighted by molar-refractivity contribution is -0.0294. The molecule has 0 spiro atoms. The molecule has 1 heterocycles. The monoisotopic (exact) mass is 294 g/mol. The molecule has 1 aromatic heterocycles. The number of ether oxygens (including phenoxy) is 2. The maximum absolute atomic E-state index is 12.0. The summed E-state index contributed by atoms with van der Waals surface area (Å²) >= 11 is 0. The molecular weight excluding hydrogens is 268 g/mol. The Morgan fingerprint density at radius 1 is 1.24 bits per heavy atom. The van der Waals surface area contributed by atoms with Gasteiger partial charge < -0.3 is 9.47 Å². The Labute approximate surface area is 127 Å². The maximum atomic E-state index is 12.0. The number of hydrogen-bond acceptors (Lipinski definition) is 5. The van der Waals surface area contributed by atoms with Gasteiger partial charge in [0.1, 0.15) is 5.60 Å². The van der Waals surface area contributed by atoms with Crippen molar-refractivity contribution in [2.75, 3.05) is 13.7 Å². The number of hydrogen-bond donors (Lipinski definition) is 0. The molecule has 0 N–H and O–H groups in total. The Balaban J connectivity index is 3.27. The number of esters is 1. The van der Waals surface area contributed by atoms with Gasteiger partial charge in [-0.05, 0) is 26.2 Å². The molecule has 0 radical (unpaired) electrons. The molecule has 0 atom stereocenters. The molecule has 21 heavy (non-hydrogen) atoms. The molecule has 0 saturated heterocycles. The molecule has 5 heteroatoms. The van der Waals surface area contributed by atoms with Gasteiger partial charge in [0.05, 0.1) is 17.9 Å². The van der Waals surface area contributed by atoms with E-state index in [4.69, 9.17) is 9.47 Å². The second kappa shape index (κ2) is 8.08. The molecule has 5 nitrogen and oxygen atoms in total. The molecule has 0 unspecified atom stereocenters. The van der Waals surface area contributed by atoms with Gasteiger partial charge in [-0.15, -0.1) is 0 Å². The van der Waals surface area contributed by atoms with Gasteiger partial charge in [0.2, 0.25) is 0 Å². The summed E-state index contributed by atoms with van der Waals surface area (Å²) in [5.74, 6) is 0.287. The zero-order chi connectivity index (χ0) is 15.9. The highest BCUT2D eigenvalue weighted by Gasteiger charge is 2.32. The minimum Gasteiger partial charge on any atom is -0.462 e. The SMILES string of the molecule is CCCc1nc(C(CC)(CC)OC)ncc1C(=O)OCC. The average molecular weight is 294 g/mol. The molecule has 0 saturated carbocycles. The molecule has 0 aromatic carbocycles. The van der Waals surface area contributed by atoms with Gasteiger partial charge in [-0.2, -0.15) is 0 Å². The Morgan fingerprint density at radius 3 is 2.38 bits per heavy atom. The van der Waals surface area contributed by atoms with Gasteiger partial charge >= 0.3 is 5.97 Å². The first-order valence-electron chi connectivity index (χ1n) is 7.67. The van der Waals surface area contributed by atoms with E-state index in [1.165, 1.54) is 0 Å². The molecule has 1 aromatic rings. The lowest BCUT2D eigenvalue weighted by atomic mass is 9.95. The lowest BCUT2D eigenvalue weighted by Crippen LogP contribution is -2.30. The van der Waals surface area contributed by atoms with Crippen LogP contribution in [0.1, 0.15) is 68.8 Å². The predicted octanol–water partition coefficient (Wildman–Crippen LogP) is 3.27. The van der Waals surface area contributed by atoms with Crippen LogP contribution in [-0.4, -0.2) is 29.7 Å². The molecule has 118 valence electrons. The van der Waals surface area contributed by atoms with E-state index >= 15 is 0 Å². The highest BCUT2D eigenvalue weighted by atomic mass is 16.5. The molecule has 0 aliphatic rings. The summed E-state index contributed by atoms with van der Waals surface area (Å²) in [4.78, 5) is 21.0. The first-order valence-corrected chi connectivity index (χ1v) is 7.67. The van der Waals surface area contributed by atoms with Crippen LogP contribution in [0.5, 0.6) is 0 Å². The number of rotatable bonds is 8. The molecule has 1 rings (SSSR count). The standard InChI is InChI=1S/C16H26N2O3/c1-6-10-13-12(14(19)21-9-4)11-17-15(18-13)16(7-2,8-3)20-5/h11H,6-10H2,1-5H3. The van der Waals surface area contributed by atoms with Crippen molar-refractivity contribution >= 4 is 5.97 Å². The van der Waals surface area contributed by atoms with E-state index in [9.17, 15) is 4.79 Å². The summed E-state index contributed by atoms with van der Waals surface area (Å²) < 4.78 is 10.7. The average Bonchev–Trinajstić information content (AvgIpc) is 2.50. The fraction of sp³-hybridized carbons (Fsp3) is 0.688. The van der Waals surface area contributed by atoms with Crippen LogP contribution in [0.3, 0.4) is 0 Å². The zero-order valence-corrected chi connectivity index (χ0v) is 13.7. The number of nitrogens with zero attached hydrogens (tertiary/aromatic N) is 2. The lowest BCUT2D eigenvalue weighted by Gasteiger charge is -2.28. The van der Waals surface area contributed by atoms with E-state index in [2.05, 4.69) is 30.7 Å². The quantitative estimate of drug-likeness (QED) is 0.689. The molecule has 0 amide bonds. The van der Waals surface area contributed by atoms with Crippen molar-refractivity contribution in [3.63, 3.8) is 0 Å². The van der Waals surface area contributed by atoms with Crippen LogP contribution in [0.25, 0.3) is 0 Å². The van der Waals surface area contributed by atoms with Crippen molar-refractivity contribution in [1.29, 1.82) is 0 Å². The Kier molecular flexibility index (Phi) is 6.75. The van der Waals surface area contributed by atoms with Gasteiger partial charge in [0.15, 0.2) is 5.82 Å². The van der Waals surface area contributed by atoms with E-state index in [1.54, 1.807) is 20.2 Å². The summed E-state index contributed by atoms with van der Waals surface area (Å²) in [6, 6.07) is 0. The number of aryl methyl sites for hydroxylation is 1.